The van der Waals surface area contributed by atoms with Crippen LogP contribution in [0.3, 0.4) is 0 Å². The Hall–Kier alpha value is 0.0169. The van der Waals surface area contributed by atoms with E-state index in [0.29, 0.717) is 0 Å². The second-order valence-corrected chi connectivity index (χ2v) is 8.04. The van der Waals surface area contributed by atoms with Crippen molar-refractivity contribution in [1.82, 2.24) is 9.47 Å². The maximum atomic E-state index is 5.70. The predicted octanol–water partition coefficient (Wildman–Crippen LogP) is 0.256. The summed E-state index contributed by atoms with van der Waals surface area (Å²) in [6.45, 7) is 7.15. The Morgan fingerprint density at radius 3 is 2.41 bits per heavy atom. The summed E-state index contributed by atoms with van der Waals surface area (Å²) >= 11 is 0. The Kier molecular flexibility index (Phi) is 4.95. The maximum absolute atomic E-state index is 5.70. The summed E-state index contributed by atoms with van der Waals surface area (Å²) in [6, 6.07) is 1.10. The lowest BCUT2D eigenvalue weighted by Crippen LogP contribution is -2.55. The van der Waals surface area contributed by atoms with Crippen LogP contribution in [0.15, 0.2) is 0 Å². The van der Waals surface area contributed by atoms with Crippen molar-refractivity contribution < 1.29 is 13.6 Å². The quantitative estimate of drug-likeness (QED) is 0.662. The molecule has 0 N–H and O–H groups in total. The average molecular weight is 260 g/mol. The molecule has 0 aromatic carbocycles. The summed E-state index contributed by atoms with van der Waals surface area (Å²) in [5, 5.41) is 0. The van der Waals surface area contributed by atoms with Crippen molar-refractivity contribution in [2.24, 2.45) is 0 Å². The molecule has 0 aromatic heterocycles. The van der Waals surface area contributed by atoms with Gasteiger partial charge >= 0.3 is 8.72 Å². The van der Waals surface area contributed by atoms with Crippen LogP contribution in [-0.4, -0.2) is 78.3 Å². The molecule has 6 heteroatoms. The molecule has 0 spiro atoms. The van der Waals surface area contributed by atoms with Crippen molar-refractivity contribution in [3.05, 3.63) is 0 Å². The fourth-order valence-corrected chi connectivity index (χ4v) is 5.69. The molecular formula is C11H24N2O3Si. The van der Waals surface area contributed by atoms with E-state index >= 15 is 0 Å². The average Bonchev–Trinajstić information content (AvgIpc) is 2.81. The molecule has 17 heavy (non-hydrogen) atoms. The van der Waals surface area contributed by atoms with Gasteiger partial charge in [0.05, 0.1) is 13.2 Å². The molecule has 0 unspecified atom stereocenters. The van der Waals surface area contributed by atoms with E-state index < -0.39 is 8.72 Å². The van der Waals surface area contributed by atoms with Crippen molar-refractivity contribution >= 4 is 8.72 Å². The van der Waals surface area contributed by atoms with Crippen molar-refractivity contribution in [1.29, 1.82) is 0 Å². The number of rotatable bonds is 5. The molecule has 2 aliphatic rings. The lowest BCUT2D eigenvalue weighted by molar-refractivity contribution is 0.0346. The van der Waals surface area contributed by atoms with Crippen LogP contribution in [0.4, 0.5) is 0 Å². The zero-order valence-corrected chi connectivity index (χ0v) is 12.0. The summed E-state index contributed by atoms with van der Waals surface area (Å²) in [5.74, 6) is 0. The van der Waals surface area contributed by atoms with E-state index in [1.807, 2.05) is 0 Å². The highest BCUT2D eigenvalue weighted by Crippen LogP contribution is 2.26. The summed E-state index contributed by atoms with van der Waals surface area (Å²) in [6.07, 6.45) is 1.21. The van der Waals surface area contributed by atoms with Crippen LogP contribution in [0.2, 0.25) is 6.04 Å². The minimum absolute atomic E-state index is 0.872. The highest BCUT2D eigenvalue weighted by atomic mass is 28.4. The molecule has 100 valence electrons. The zero-order valence-electron chi connectivity index (χ0n) is 11.0. The van der Waals surface area contributed by atoms with Gasteiger partial charge in [-0.3, -0.25) is 9.47 Å². The van der Waals surface area contributed by atoms with E-state index in [1.165, 1.54) is 6.42 Å². The monoisotopic (exact) mass is 260 g/mol. The summed E-state index contributed by atoms with van der Waals surface area (Å²) in [7, 11) is 1.57. The third kappa shape index (κ3) is 3.07. The normalized spacial score (nSPS) is 26.5. The van der Waals surface area contributed by atoms with E-state index in [1.54, 1.807) is 14.2 Å². The fourth-order valence-electron chi connectivity index (χ4n) is 2.74. The van der Waals surface area contributed by atoms with Gasteiger partial charge in [0.15, 0.2) is 0 Å². The standard InChI is InChI=1S/C11H24N2O3Si/c1-14-17(15-2)11-3-4-13(17)6-5-12-7-9-16-10-8-12/h3-11H2,1-2H3. The summed E-state index contributed by atoms with van der Waals surface area (Å²) < 4.78 is 19.2. The van der Waals surface area contributed by atoms with Gasteiger partial charge in [0, 0.05) is 46.4 Å². The lowest BCUT2D eigenvalue weighted by atomic mass is 10.4. The highest BCUT2D eigenvalue weighted by Gasteiger charge is 2.47. The molecule has 0 saturated carbocycles. The van der Waals surface area contributed by atoms with Gasteiger partial charge in [-0.05, 0) is 13.0 Å². The SMILES string of the molecule is CO[Si]1(OC)CCCN1CCN1CCOCC1. The first-order valence-electron chi connectivity index (χ1n) is 6.46. The van der Waals surface area contributed by atoms with Gasteiger partial charge in [-0.1, -0.05) is 0 Å². The smallest absolute Gasteiger partial charge is 0.386 e. The van der Waals surface area contributed by atoms with Crippen molar-refractivity contribution in [2.75, 3.05) is 60.2 Å². The molecule has 0 aromatic rings. The van der Waals surface area contributed by atoms with Crippen LogP contribution in [0, 0.1) is 0 Å². The third-order valence-corrected chi connectivity index (χ3v) is 7.50. The Balaban J connectivity index is 1.81. The predicted molar refractivity (Wildman–Crippen MR) is 68.0 cm³/mol. The minimum atomic E-state index is -2.02. The number of nitrogens with zero attached hydrogens (tertiary/aromatic N) is 2. The van der Waals surface area contributed by atoms with Gasteiger partial charge < -0.3 is 13.6 Å². The van der Waals surface area contributed by atoms with Gasteiger partial charge in [-0.2, -0.15) is 0 Å². The lowest BCUT2D eigenvalue weighted by Gasteiger charge is -2.34. The Labute approximate surface area is 105 Å². The van der Waals surface area contributed by atoms with Crippen LogP contribution >= 0.6 is 0 Å². The first-order valence-corrected chi connectivity index (χ1v) is 8.43. The molecule has 0 atom stereocenters. The van der Waals surface area contributed by atoms with Gasteiger partial charge in [0.1, 0.15) is 0 Å². The van der Waals surface area contributed by atoms with E-state index in [9.17, 15) is 0 Å². The Morgan fingerprint density at radius 2 is 1.76 bits per heavy atom. The largest absolute Gasteiger partial charge is 0.427 e. The van der Waals surface area contributed by atoms with E-state index in [-0.39, 0.29) is 0 Å². The van der Waals surface area contributed by atoms with Gasteiger partial charge in [0.2, 0.25) is 0 Å². The number of hydrogen-bond acceptors (Lipinski definition) is 5. The van der Waals surface area contributed by atoms with Gasteiger partial charge in [-0.15, -0.1) is 0 Å². The van der Waals surface area contributed by atoms with Crippen LogP contribution < -0.4 is 0 Å². The first-order chi connectivity index (χ1) is 8.30. The molecule has 2 fully saturated rings. The van der Waals surface area contributed by atoms with Crippen LogP contribution in [0.5, 0.6) is 0 Å². The first kappa shape index (κ1) is 13.4. The minimum Gasteiger partial charge on any atom is -0.386 e. The van der Waals surface area contributed by atoms with E-state index in [2.05, 4.69) is 9.47 Å². The fraction of sp³-hybridized carbons (Fsp3) is 1.00. The van der Waals surface area contributed by atoms with Crippen molar-refractivity contribution in [3.63, 3.8) is 0 Å². The molecule has 2 saturated heterocycles. The zero-order chi connectivity index (χ0) is 12.1. The second-order valence-electron chi connectivity index (χ2n) is 4.67. The molecule has 0 bridgehead atoms. The molecular weight excluding hydrogens is 236 g/mol. The summed E-state index contributed by atoms with van der Waals surface area (Å²) in [5.41, 5.74) is 0. The summed E-state index contributed by atoms with van der Waals surface area (Å²) in [4.78, 5) is 2.46. The van der Waals surface area contributed by atoms with E-state index in [4.69, 9.17) is 13.6 Å². The number of hydrogen-bond donors (Lipinski definition) is 0. The maximum Gasteiger partial charge on any atom is 0.427 e. The molecule has 0 radical (unpaired) electrons. The number of morpholine rings is 1. The van der Waals surface area contributed by atoms with Crippen LogP contribution in [0.25, 0.3) is 0 Å². The topological polar surface area (TPSA) is 34.2 Å². The molecule has 2 aliphatic heterocycles. The van der Waals surface area contributed by atoms with E-state index in [0.717, 1.165) is 52.0 Å². The Morgan fingerprint density at radius 1 is 1.06 bits per heavy atom. The molecule has 0 amide bonds. The molecule has 5 nitrogen and oxygen atoms in total. The molecule has 2 heterocycles. The Bertz CT molecular complexity index is 233. The second kappa shape index (κ2) is 6.26. The van der Waals surface area contributed by atoms with Crippen molar-refractivity contribution in [3.8, 4) is 0 Å². The third-order valence-electron chi connectivity index (χ3n) is 3.83. The molecule has 0 aliphatic carbocycles. The van der Waals surface area contributed by atoms with Crippen LogP contribution in [-0.2, 0) is 13.6 Å². The number of ether oxygens (including phenoxy) is 1. The van der Waals surface area contributed by atoms with Gasteiger partial charge in [-0.25, -0.2) is 0 Å². The highest BCUT2D eigenvalue weighted by molar-refractivity contribution is 6.65. The molecule has 2 rings (SSSR count). The van der Waals surface area contributed by atoms with Gasteiger partial charge in [0.25, 0.3) is 0 Å². The van der Waals surface area contributed by atoms with Crippen LogP contribution in [0.1, 0.15) is 6.42 Å². The van der Waals surface area contributed by atoms with Crippen molar-refractivity contribution in [2.45, 2.75) is 12.5 Å².